The number of halogens is 1. The Kier molecular flexibility index (Phi) is 5.47. The summed E-state index contributed by atoms with van der Waals surface area (Å²) in [5.74, 6) is 0.307. The maximum atomic E-state index is 11.8. The minimum atomic E-state index is -0.425. The highest BCUT2D eigenvalue weighted by atomic mass is 35.5. The second-order valence-corrected chi connectivity index (χ2v) is 5.68. The number of ether oxygens (including phenoxy) is 1. The van der Waals surface area contributed by atoms with E-state index in [4.69, 9.17) is 22.1 Å². The van der Waals surface area contributed by atoms with E-state index in [1.165, 1.54) is 18.0 Å². The number of anilines is 1. The molecule has 0 spiro atoms. The van der Waals surface area contributed by atoms with E-state index >= 15 is 0 Å². The van der Waals surface area contributed by atoms with E-state index in [0.29, 0.717) is 22.9 Å². The third kappa shape index (κ3) is 4.37. The molecule has 0 aliphatic rings. The molecule has 2 aromatic rings. The van der Waals surface area contributed by atoms with Gasteiger partial charge in [0.1, 0.15) is 0 Å². The zero-order valence-electron chi connectivity index (χ0n) is 11.5. The van der Waals surface area contributed by atoms with Crippen molar-refractivity contribution in [2.24, 2.45) is 0 Å². The van der Waals surface area contributed by atoms with Crippen LogP contribution in [-0.4, -0.2) is 17.6 Å². The fourth-order valence-electron chi connectivity index (χ4n) is 1.65. The number of aromatic nitrogens is 1. The van der Waals surface area contributed by atoms with Gasteiger partial charge >= 0.3 is 5.97 Å². The summed E-state index contributed by atoms with van der Waals surface area (Å²) in [6.45, 7) is 2.07. The van der Waals surface area contributed by atoms with Gasteiger partial charge in [-0.15, -0.1) is 11.8 Å². The van der Waals surface area contributed by atoms with Gasteiger partial charge in [-0.1, -0.05) is 23.7 Å². The Hall–Kier alpha value is -1.72. The number of esters is 1. The first-order valence-electron chi connectivity index (χ1n) is 6.40. The first-order chi connectivity index (χ1) is 10.1. The number of nitrogens with two attached hydrogens (primary N) is 1. The lowest BCUT2D eigenvalue weighted by Crippen LogP contribution is -2.08. The molecule has 21 heavy (non-hydrogen) atoms. The Labute approximate surface area is 132 Å². The Morgan fingerprint density at radius 3 is 2.76 bits per heavy atom. The van der Waals surface area contributed by atoms with Gasteiger partial charge < -0.3 is 10.5 Å². The molecule has 0 fully saturated rings. The van der Waals surface area contributed by atoms with Gasteiger partial charge in [0.15, 0.2) is 0 Å². The molecule has 0 saturated carbocycles. The van der Waals surface area contributed by atoms with Crippen LogP contribution < -0.4 is 5.73 Å². The fraction of sp³-hybridized carbons (Fsp3) is 0.200. The summed E-state index contributed by atoms with van der Waals surface area (Å²) in [6, 6.07) is 9.27. The molecule has 1 aromatic carbocycles. The highest BCUT2D eigenvalue weighted by molar-refractivity contribution is 7.98. The second kappa shape index (κ2) is 7.33. The third-order valence-electron chi connectivity index (χ3n) is 2.71. The predicted molar refractivity (Wildman–Crippen MR) is 85.6 cm³/mol. The van der Waals surface area contributed by atoms with Crippen LogP contribution in [-0.2, 0) is 10.5 Å². The Bertz CT molecular complexity index is 632. The molecule has 0 atom stereocenters. The molecule has 2 rings (SSSR count). The minimum Gasteiger partial charge on any atom is -0.462 e. The number of benzene rings is 1. The van der Waals surface area contributed by atoms with Crippen LogP contribution in [0.4, 0.5) is 5.69 Å². The van der Waals surface area contributed by atoms with Crippen LogP contribution in [0, 0.1) is 0 Å². The van der Waals surface area contributed by atoms with E-state index < -0.39 is 5.97 Å². The van der Waals surface area contributed by atoms with Crippen molar-refractivity contribution in [1.82, 2.24) is 4.98 Å². The molecule has 6 heteroatoms. The van der Waals surface area contributed by atoms with Gasteiger partial charge in [0.05, 0.1) is 29.1 Å². The number of rotatable bonds is 5. The van der Waals surface area contributed by atoms with Crippen molar-refractivity contribution in [3.63, 3.8) is 0 Å². The van der Waals surface area contributed by atoms with Crippen molar-refractivity contribution in [2.75, 3.05) is 12.3 Å². The molecule has 110 valence electrons. The van der Waals surface area contributed by atoms with Crippen molar-refractivity contribution in [3.8, 4) is 0 Å². The molecule has 2 N–H and O–H groups in total. The number of carbonyl (C=O) groups is 1. The summed E-state index contributed by atoms with van der Waals surface area (Å²) < 4.78 is 4.97. The summed E-state index contributed by atoms with van der Waals surface area (Å²) in [7, 11) is 0. The van der Waals surface area contributed by atoms with E-state index in [9.17, 15) is 4.79 Å². The normalized spacial score (nSPS) is 10.4. The van der Waals surface area contributed by atoms with E-state index in [1.54, 1.807) is 13.0 Å². The van der Waals surface area contributed by atoms with Crippen LogP contribution in [0.1, 0.15) is 22.8 Å². The SMILES string of the molecule is CCOC(=O)c1cc(SCc2ccc(Cl)cc2)ncc1N. The fourth-order valence-corrected chi connectivity index (χ4v) is 2.61. The van der Waals surface area contributed by atoms with Gasteiger partial charge in [-0.3, -0.25) is 0 Å². The number of nitrogen functional groups attached to an aromatic ring is 1. The van der Waals surface area contributed by atoms with Gasteiger partial charge in [-0.05, 0) is 30.7 Å². The van der Waals surface area contributed by atoms with E-state index in [0.717, 1.165) is 16.3 Å². The maximum absolute atomic E-state index is 11.8. The van der Waals surface area contributed by atoms with Crippen LogP contribution in [0.2, 0.25) is 5.02 Å². The van der Waals surface area contributed by atoms with Gasteiger partial charge in [-0.25, -0.2) is 9.78 Å². The molecule has 0 bridgehead atoms. The van der Waals surface area contributed by atoms with Crippen LogP contribution in [0.3, 0.4) is 0 Å². The number of carbonyl (C=O) groups excluding carboxylic acids is 1. The molecule has 0 saturated heterocycles. The number of hydrogen-bond donors (Lipinski definition) is 1. The van der Waals surface area contributed by atoms with Crippen molar-refractivity contribution < 1.29 is 9.53 Å². The number of thioether (sulfide) groups is 1. The van der Waals surface area contributed by atoms with E-state index in [2.05, 4.69) is 4.98 Å². The lowest BCUT2D eigenvalue weighted by atomic mass is 10.2. The predicted octanol–water partition coefficient (Wildman–Crippen LogP) is 3.79. The van der Waals surface area contributed by atoms with Crippen LogP contribution in [0.5, 0.6) is 0 Å². The van der Waals surface area contributed by atoms with Crippen LogP contribution in [0.15, 0.2) is 41.6 Å². The molecule has 4 nitrogen and oxygen atoms in total. The Morgan fingerprint density at radius 2 is 2.10 bits per heavy atom. The summed E-state index contributed by atoms with van der Waals surface area (Å²) in [6.07, 6.45) is 1.48. The summed E-state index contributed by atoms with van der Waals surface area (Å²) in [5.41, 5.74) is 7.56. The molecule has 0 aliphatic carbocycles. The summed E-state index contributed by atoms with van der Waals surface area (Å²) in [4.78, 5) is 16.0. The van der Waals surface area contributed by atoms with Gasteiger partial charge in [0.2, 0.25) is 0 Å². The third-order valence-corrected chi connectivity index (χ3v) is 3.95. The average Bonchev–Trinajstić information content (AvgIpc) is 2.48. The maximum Gasteiger partial charge on any atom is 0.340 e. The molecule has 1 heterocycles. The lowest BCUT2D eigenvalue weighted by Gasteiger charge is -2.07. The largest absolute Gasteiger partial charge is 0.462 e. The standard InChI is InChI=1S/C15H15ClN2O2S/c1-2-20-15(19)12-7-14(18-8-13(12)17)21-9-10-3-5-11(16)6-4-10/h3-8H,2,9,17H2,1H3. The highest BCUT2D eigenvalue weighted by Crippen LogP contribution is 2.24. The van der Waals surface area contributed by atoms with Crippen LogP contribution in [0.25, 0.3) is 0 Å². The van der Waals surface area contributed by atoms with Crippen molar-refractivity contribution in [3.05, 3.63) is 52.7 Å². The van der Waals surface area contributed by atoms with Crippen LogP contribution >= 0.6 is 23.4 Å². The molecule has 0 aliphatic heterocycles. The minimum absolute atomic E-state index is 0.313. The first-order valence-corrected chi connectivity index (χ1v) is 7.76. The average molecular weight is 323 g/mol. The molecular weight excluding hydrogens is 308 g/mol. The molecular formula is C15H15ClN2O2S. The highest BCUT2D eigenvalue weighted by Gasteiger charge is 2.12. The first kappa shape index (κ1) is 15.7. The quantitative estimate of drug-likeness (QED) is 0.670. The lowest BCUT2D eigenvalue weighted by molar-refractivity contribution is 0.0527. The van der Waals surface area contributed by atoms with Gasteiger partial charge in [-0.2, -0.15) is 0 Å². The molecule has 0 amide bonds. The Balaban J connectivity index is 2.08. The second-order valence-electron chi connectivity index (χ2n) is 4.25. The smallest absolute Gasteiger partial charge is 0.340 e. The molecule has 0 unspecified atom stereocenters. The topological polar surface area (TPSA) is 65.2 Å². The number of pyridine rings is 1. The van der Waals surface area contributed by atoms with E-state index in [-0.39, 0.29) is 0 Å². The van der Waals surface area contributed by atoms with Crippen molar-refractivity contribution in [1.29, 1.82) is 0 Å². The van der Waals surface area contributed by atoms with Crippen molar-refractivity contribution in [2.45, 2.75) is 17.7 Å². The molecule has 0 radical (unpaired) electrons. The van der Waals surface area contributed by atoms with E-state index in [1.807, 2.05) is 24.3 Å². The monoisotopic (exact) mass is 322 g/mol. The zero-order chi connectivity index (χ0) is 15.2. The number of hydrogen-bond acceptors (Lipinski definition) is 5. The summed E-state index contributed by atoms with van der Waals surface area (Å²) in [5, 5.41) is 1.43. The Morgan fingerprint density at radius 1 is 1.38 bits per heavy atom. The number of nitrogens with zero attached hydrogens (tertiary/aromatic N) is 1. The summed E-state index contributed by atoms with van der Waals surface area (Å²) >= 11 is 7.37. The van der Waals surface area contributed by atoms with Crippen molar-refractivity contribution >= 4 is 35.0 Å². The molecule has 1 aromatic heterocycles. The van der Waals surface area contributed by atoms with Gasteiger partial charge in [0, 0.05) is 10.8 Å². The zero-order valence-corrected chi connectivity index (χ0v) is 13.1. The van der Waals surface area contributed by atoms with Gasteiger partial charge in [0.25, 0.3) is 0 Å².